The molecule has 2 aromatic rings. The van der Waals surface area contributed by atoms with Crippen LogP contribution in [-0.4, -0.2) is 26.3 Å². The lowest BCUT2D eigenvalue weighted by atomic mass is 9.95. The molecule has 0 aliphatic heterocycles. The number of anilines is 2. The molecule has 2 rings (SSSR count). The summed E-state index contributed by atoms with van der Waals surface area (Å²) in [6.45, 7) is 6.67. The van der Waals surface area contributed by atoms with Crippen LogP contribution in [-0.2, 0) is 19.6 Å². The fourth-order valence-corrected chi connectivity index (χ4v) is 3.54. The summed E-state index contributed by atoms with van der Waals surface area (Å²) in [5.74, 6) is -1.73. The Morgan fingerprint density at radius 3 is 2.14 bits per heavy atom. The number of rotatable bonds is 6. The Kier molecular flexibility index (Phi) is 6.76. The SMILES string of the molecule is C[C@H](NS(=O)(=O)c1ccccc1F)C(=O)Nc1cccc(NC(=O)C(C)(C)C)c1. The van der Waals surface area contributed by atoms with Crippen molar-refractivity contribution in [3.05, 3.63) is 54.3 Å². The van der Waals surface area contributed by atoms with Gasteiger partial charge in [0.1, 0.15) is 10.7 Å². The van der Waals surface area contributed by atoms with Crippen LogP contribution in [0.2, 0.25) is 0 Å². The second-order valence-electron chi connectivity index (χ2n) is 7.55. The largest absolute Gasteiger partial charge is 0.326 e. The number of amides is 2. The highest BCUT2D eigenvalue weighted by molar-refractivity contribution is 7.89. The summed E-state index contributed by atoms with van der Waals surface area (Å²) in [7, 11) is -4.21. The number of sulfonamides is 1. The van der Waals surface area contributed by atoms with Gasteiger partial charge in [-0.15, -0.1) is 0 Å². The second-order valence-corrected chi connectivity index (χ2v) is 9.23. The van der Waals surface area contributed by atoms with Gasteiger partial charge in [-0.25, -0.2) is 12.8 Å². The Hall–Kier alpha value is -2.78. The molecule has 3 N–H and O–H groups in total. The highest BCUT2D eigenvalue weighted by Crippen LogP contribution is 2.20. The monoisotopic (exact) mass is 421 g/mol. The molecule has 0 spiro atoms. The fraction of sp³-hybridized carbons (Fsp3) is 0.300. The zero-order valence-electron chi connectivity index (χ0n) is 16.6. The van der Waals surface area contributed by atoms with Crippen molar-refractivity contribution in [2.45, 2.75) is 38.6 Å². The molecular weight excluding hydrogens is 397 g/mol. The van der Waals surface area contributed by atoms with Crippen molar-refractivity contribution in [2.24, 2.45) is 5.41 Å². The van der Waals surface area contributed by atoms with Crippen LogP contribution in [0.15, 0.2) is 53.4 Å². The quantitative estimate of drug-likeness (QED) is 0.667. The van der Waals surface area contributed by atoms with Gasteiger partial charge < -0.3 is 10.6 Å². The minimum atomic E-state index is -4.21. The molecule has 29 heavy (non-hydrogen) atoms. The predicted molar refractivity (Wildman–Crippen MR) is 109 cm³/mol. The summed E-state index contributed by atoms with van der Waals surface area (Å²) in [6.07, 6.45) is 0. The van der Waals surface area contributed by atoms with Gasteiger partial charge in [0, 0.05) is 16.8 Å². The van der Waals surface area contributed by atoms with Gasteiger partial charge in [-0.1, -0.05) is 39.0 Å². The molecule has 0 saturated heterocycles. The first-order valence-corrected chi connectivity index (χ1v) is 10.4. The highest BCUT2D eigenvalue weighted by atomic mass is 32.2. The minimum absolute atomic E-state index is 0.188. The molecule has 0 heterocycles. The van der Waals surface area contributed by atoms with Crippen LogP contribution in [0.1, 0.15) is 27.7 Å². The van der Waals surface area contributed by atoms with Gasteiger partial charge in [0.15, 0.2) is 0 Å². The van der Waals surface area contributed by atoms with E-state index in [4.69, 9.17) is 0 Å². The lowest BCUT2D eigenvalue weighted by molar-refractivity contribution is -0.123. The molecule has 0 bridgehead atoms. The number of benzene rings is 2. The molecule has 2 aromatic carbocycles. The summed E-state index contributed by atoms with van der Waals surface area (Å²) in [5, 5.41) is 5.32. The molecule has 156 valence electrons. The van der Waals surface area contributed by atoms with Crippen LogP contribution in [0, 0.1) is 11.2 Å². The Morgan fingerprint density at radius 2 is 1.55 bits per heavy atom. The van der Waals surface area contributed by atoms with Crippen molar-refractivity contribution in [2.75, 3.05) is 10.6 Å². The molecule has 0 unspecified atom stereocenters. The van der Waals surface area contributed by atoms with E-state index in [0.29, 0.717) is 11.4 Å². The van der Waals surface area contributed by atoms with E-state index in [1.54, 1.807) is 45.0 Å². The van der Waals surface area contributed by atoms with Crippen LogP contribution < -0.4 is 15.4 Å². The summed E-state index contributed by atoms with van der Waals surface area (Å²) in [4.78, 5) is 23.9. The van der Waals surface area contributed by atoms with E-state index >= 15 is 0 Å². The summed E-state index contributed by atoms with van der Waals surface area (Å²) < 4.78 is 40.5. The third-order valence-electron chi connectivity index (χ3n) is 3.92. The maximum Gasteiger partial charge on any atom is 0.244 e. The van der Waals surface area contributed by atoms with Crippen molar-refractivity contribution in [3.63, 3.8) is 0 Å². The number of nitrogens with one attached hydrogen (secondary N) is 3. The maximum absolute atomic E-state index is 13.8. The average Bonchev–Trinajstić information content (AvgIpc) is 2.61. The predicted octanol–water partition coefficient (Wildman–Crippen LogP) is 3.12. The van der Waals surface area contributed by atoms with E-state index in [-0.39, 0.29) is 5.91 Å². The molecule has 0 radical (unpaired) electrons. The van der Waals surface area contributed by atoms with E-state index in [1.807, 2.05) is 0 Å². The van der Waals surface area contributed by atoms with Crippen LogP contribution in [0.4, 0.5) is 15.8 Å². The van der Waals surface area contributed by atoms with Gasteiger partial charge in [-0.3, -0.25) is 9.59 Å². The third-order valence-corrected chi connectivity index (χ3v) is 5.49. The zero-order chi connectivity index (χ0) is 21.8. The van der Waals surface area contributed by atoms with Crippen LogP contribution >= 0.6 is 0 Å². The van der Waals surface area contributed by atoms with Gasteiger partial charge in [0.05, 0.1) is 6.04 Å². The smallest absolute Gasteiger partial charge is 0.244 e. The Morgan fingerprint density at radius 1 is 0.966 bits per heavy atom. The van der Waals surface area contributed by atoms with Crippen molar-refractivity contribution in [1.29, 1.82) is 0 Å². The fourth-order valence-electron chi connectivity index (χ4n) is 2.26. The van der Waals surface area contributed by atoms with Gasteiger partial charge in [-0.05, 0) is 37.3 Å². The van der Waals surface area contributed by atoms with Gasteiger partial charge in [0.2, 0.25) is 21.8 Å². The topological polar surface area (TPSA) is 104 Å². The number of hydrogen-bond donors (Lipinski definition) is 3. The molecule has 0 saturated carbocycles. The third kappa shape index (κ3) is 6.10. The van der Waals surface area contributed by atoms with Crippen LogP contribution in [0.25, 0.3) is 0 Å². The first-order valence-electron chi connectivity index (χ1n) is 8.89. The molecule has 0 aliphatic rings. The van der Waals surface area contributed by atoms with Crippen molar-refractivity contribution >= 4 is 33.2 Å². The highest BCUT2D eigenvalue weighted by Gasteiger charge is 2.25. The number of carbonyl (C=O) groups is 2. The molecule has 0 aromatic heterocycles. The molecule has 9 heteroatoms. The van der Waals surface area contributed by atoms with E-state index in [2.05, 4.69) is 15.4 Å². The Balaban J connectivity index is 2.07. The van der Waals surface area contributed by atoms with Crippen molar-refractivity contribution in [3.8, 4) is 0 Å². The van der Waals surface area contributed by atoms with E-state index in [1.165, 1.54) is 19.1 Å². The number of carbonyl (C=O) groups excluding carboxylic acids is 2. The van der Waals surface area contributed by atoms with E-state index in [0.717, 1.165) is 12.1 Å². The molecule has 0 aliphatic carbocycles. The zero-order valence-corrected chi connectivity index (χ0v) is 17.4. The maximum atomic E-state index is 13.8. The van der Waals surface area contributed by atoms with E-state index < -0.39 is 38.1 Å². The van der Waals surface area contributed by atoms with E-state index in [9.17, 15) is 22.4 Å². The molecule has 7 nitrogen and oxygen atoms in total. The summed E-state index contributed by atoms with van der Waals surface area (Å²) in [5.41, 5.74) is 0.277. The molecule has 2 amide bonds. The lowest BCUT2D eigenvalue weighted by Gasteiger charge is -2.18. The first kappa shape index (κ1) is 22.5. The Bertz CT molecular complexity index is 1020. The van der Waals surface area contributed by atoms with Gasteiger partial charge >= 0.3 is 0 Å². The van der Waals surface area contributed by atoms with Crippen LogP contribution in [0.5, 0.6) is 0 Å². The lowest BCUT2D eigenvalue weighted by Crippen LogP contribution is -2.41. The van der Waals surface area contributed by atoms with Crippen LogP contribution in [0.3, 0.4) is 0 Å². The molecular formula is C20H24FN3O4S. The second kappa shape index (κ2) is 8.71. The average molecular weight is 421 g/mol. The van der Waals surface area contributed by atoms with Crippen molar-refractivity contribution < 1.29 is 22.4 Å². The number of hydrogen-bond acceptors (Lipinski definition) is 4. The molecule has 1 atom stereocenters. The standard InChI is InChI=1S/C20H24FN3O4S/c1-13(24-29(27,28)17-11-6-5-10-16(17)21)18(25)22-14-8-7-9-15(12-14)23-19(26)20(2,3)4/h5-13,24H,1-4H3,(H,22,25)(H,23,26)/t13-/m0/s1. The normalized spacial score (nSPS) is 12.9. The summed E-state index contributed by atoms with van der Waals surface area (Å²) >= 11 is 0. The summed E-state index contributed by atoms with van der Waals surface area (Å²) in [6, 6.07) is 10.2. The number of halogens is 1. The Labute approximate surface area is 169 Å². The first-order chi connectivity index (χ1) is 13.4. The minimum Gasteiger partial charge on any atom is -0.326 e. The molecule has 0 fully saturated rings. The van der Waals surface area contributed by atoms with Crippen molar-refractivity contribution in [1.82, 2.24) is 4.72 Å². The van der Waals surface area contributed by atoms with Gasteiger partial charge in [0.25, 0.3) is 0 Å². The van der Waals surface area contributed by atoms with Gasteiger partial charge in [-0.2, -0.15) is 4.72 Å².